The summed E-state index contributed by atoms with van der Waals surface area (Å²) in [5.74, 6) is 1.78. The van der Waals surface area contributed by atoms with E-state index in [2.05, 4.69) is 53.7 Å². The summed E-state index contributed by atoms with van der Waals surface area (Å²) in [6.45, 7) is 9.91. The summed E-state index contributed by atoms with van der Waals surface area (Å²) in [6.07, 6.45) is 3.17. The largest absolute Gasteiger partial charge is 0.494 e. The normalized spacial score (nSPS) is 11.2. The van der Waals surface area contributed by atoms with Gasteiger partial charge in [-0.25, -0.2) is 4.99 Å². The second kappa shape index (κ2) is 18.0. The van der Waals surface area contributed by atoms with Crippen molar-refractivity contribution in [3.63, 3.8) is 0 Å². The molecule has 0 unspecified atom stereocenters. The average molecular weight is 506 g/mol. The fourth-order valence-electron chi connectivity index (χ4n) is 2.45. The van der Waals surface area contributed by atoms with Crippen LogP contribution in [0.15, 0.2) is 29.3 Å². The fraction of sp³-hybridized carbons (Fsp3) is 0.667. The molecule has 162 valence electrons. The smallest absolute Gasteiger partial charge is 0.191 e. The van der Waals surface area contributed by atoms with Crippen LogP contribution in [0.2, 0.25) is 0 Å². The second-order valence-electron chi connectivity index (χ2n) is 6.68. The summed E-state index contributed by atoms with van der Waals surface area (Å²) in [5.41, 5.74) is 1.17. The van der Waals surface area contributed by atoms with Gasteiger partial charge in [0.1, 0.15) is 5.75 Å². The van der Waals surface area contributed by atoms with Gasteiger partial charge in [0, 0.05) is 32.8 Å². The molecule has 0 amide bonds. The summed E-state index contributed by atoms with van der Waals surface area (Å²) in [4.78, 5) is 6.83. The molecule has 0 aromatic heterocycles. The first-order chi connectivity index (χ1) is 13.2. The minimum atomic E-state index is 0. The molecular weight excluding hydrogens is 467 g/mol. The highest BCUT2D eigenvalue weighted by atomic mass is 127. The molecule has 0 aliphatic carbocycles. The van der Waals surface area contributed by atoms with Crippen molar-refractivity contribution >= 4 is 29.9 Å². The molecule has 1 aromatic rings. The van der Waals surface area contributed by atoms with Gasteiger partial charge in [0.15, 0.2) is 5.96 Å². The van der Waals surface area contributed by atoms with Gasteiger partial charge in [0.25, 0.3) is 0 Å². The Morgan fingerprint density at radius 1 is 1.00 bits per heavy atom. The maximum atomic E-state index is 5.77. The Labute approximate surface area is 188 Å². The van der Waals surface area contributed by atoms with Crippen LogP contribution in [0.3, 0.4) is 0 Å². The van der Waals surface area contributed by atoms with Crippen molar-refractivity contribution in [2.45, 2.75) is 39.7 Å². The Kier molecular flexibility index (Phi) is 17.3. The summed E-state index contributed by atoms with van der Waals surface area (Å²) in [6, 6.07) is 8.20. The van der Waals surface area contributed by atoms with Crippen molar-refractivity contribution in [2.24, 2.45) is 4.99 Å². The number of ether oxygens (including phenoxy) is 2. The van der Waals surface area contributed by atoms with Crippen LogP contribution in [0, 0.1) is 0 Å². The van der Waals surface area contributed by atoms with Crippen LogP contribution in [-0.4, -0.2) is 64.4 Å². The summed E-state index contributed by atoms with van der Waals surface area (Å²) >= 11 is 0. The zero-order valence-electron chi connectivity index (χ0n) is 18.0. The zero-order chi connectivity index (χ0) is 19.7. The second-order valence-corrected chi connectivity index (χ2v) is 6.68. The molecule has 0 aliphatic rings. The average Bonchev–Trinajstić information content (AvgIpc) is 2.66. The first kappa shape index (κ1) is 26.9. The van der Waals surface area contributed by atoms with Gasteiger partial charge in [-0.05, 0) is 64.9 Å². The standard InChI is InChI=1S/C21H38N4O2.HI/c1-5-22-21(23-14-7-8-16-26-6-2)24-18-19-10-12-20(13-11-19)27-17-9-15-25(3)4;/h10-13H,5-9,14-18H2,1-4H3,(H2,22,23,24);1H. The van der Waals surface area contributed by atoms with Crippen molar-refractivity contribution in [1.82, 2.24) is 15.5 Å². The molecule has 7 heteroatoms. The zero-order valence-corrected chi connectivity index (χ0v) is 20.3. The highest BCUT2D eigenvalue weighted by Gasteiger charge is 1.99. The molecule has 0 bridgehead atoms. The lowest BCUT2D eigenvalue weighted by atomic mass is 10.2. The lowest BCUT2D eigenvalue weighted by Gasteiger charge is -2.12. The van der Waals surface area contributed by atoms with Crippen molar-refractivity contribution in [3.8, 4) is 5.75 Å². The SMILES string of the molecule is CCNC(=NCc1ccc(OCCCN(C)C)cc1)NCCCCOCC.I. The van der Waals surface area contributed by atoms with E-state index in [0.29, 0.717) is 6.54 Å². The monoisotopic (exact) mass is 506 g/mol. The Balaban J connectivity index is 0.00000729. The van der Waals surface area contributed by atoms with E-state index >= 15 is 0 Å². The van der Waals surface area contributed by atoms with E-state index in [4.69, 9.17) is 9.47 Å². The third-order valence-electron chi connectivity index (χ3n) is 3.92. The van der Waals surface area contributed by atoms with Gasteiger partial charge in [-0.1, -0.05) is 12.1 Å². The minimum Gasteiger partial charge on any atom is -0.494 e. The van der Waals surface area contributed by atoms with Crippen LogP contribution in [0.4, 0.5) is 0 Å². The maximum Gasteiger partial charge on any atom is 0.191 e. The number of guanidine groups is 1. The summed E-state index contributed by atoms with van der Waals surface area (Å²) in [5, 5.41) is 6.67. The van der Waals surface area contributed by atoms with Gasteiger partial charge in [-0.15, -0.1) is 24.0 Å². The Bertz CT molecular complexity index is 510. The van der Waals surface area contributed by atoms with Crippen molar-refractivity contribution in [1.29, 1.82) is 0 Å². The molecule has 1 aromatic carbocycles. The van der Waals surface area contributed by atoms with E-state index in [-0.39, 0.29) is 24.0 Å². The minimum absolute atomic E-state index is 0. The number of aliphatic imine (C=N–C) groups is 1. The van der Waals surface area contributed by atoms with Crippen molar-refractivity contribution in [2.75, 3.05) is 53.6 Å². The third kappa shape index (κ3) is 14.0. The molecule has 0 saturated carbocycles. The van der Waals surface area contributed by atoms with E-state index in [1.807, 2.05) is 19.1 Å². The fourth-order valence-corrected chi connectivity index (χ4v) is 2.45. The number of halogens is 1. The molecule has 2 N–H and O–H groups in total. The van der Waals surface area contributed by atoms with E-state index in [1.165, 1.54) is 5.56 Å². The van der Waals surface area contributed by atoms with Gasteiger partial charge >= 0.3 is 0 Å². The van der Waals surface area contributed by atoms with Crippen molar-refractivity contribution in [3.05, 3.63) is 29.8 Å². The summed E-state index contributed by atoms with van der Waals surface area (Å²) in [7, 11) is 4.15. The number of rotatable bonds is 14. The molecule has 0 spiro atoms. The molecule has 0 fully saturated rings. The quantitative estimate of drug-likeness (QED) is 0.175. The molecule has 0 heterocycles. The van der Waals surface area contributed by atoms with Crippen LogP contribution in [0.1, 0.15) is 38.7 Å². The Hall–Kier alpha value is -1.06. The molecular formula is C21H39IN4O2. The first-order valence-corrected chi connectivity index (χ1v) is 10.1. The lowest BCUT2D eigenvalue weighted by Crippen LogP contribution is -2.37. The molecule has 28 heavy (non-hydrogen) atoms. The Morgan fingerprint density at radius 3 is 2.39 bits per heavy atom. The van der Waals surface area contributed by atoms with Crippen LogP contribution in [0.5, 0.6) is 5.75 Å². The molecule has 0 atom stereocenters. The maximum absolute atomic E-state index is 5.77. The van der Waals surface area contributed by atoms with Gasteiger partial charge in [0.2, 0.25) is 0 Å². The first-order valence-electron chi connectivity index (χ1n) is 10.1. The lowest BCUT2D eigenvalue weighted by molar-refractivity contribution is 0.143. The number of benzene rings is 1. The van der Waals surface area contributed by atoms with E-state index in [0.717, 1.165) is 70.4 Å². The van der Waals surface area contributed by atoms with Gasteiger partial charge in [-0.2, -0.15) is 0 Å². The highest BCUT2D eigenvalue weighted by Crippen LogP contribution is 2.13. The van der Waals surface area contributed by atoms with Crippen LogP contribution >= 0.6 is 24.0 Å². The van der Waals surface area contributed by atoms with Crippen LogP contribution in [-0.2, 0) is 11.3 Å². The van der Waals surface area contributed by atoms with Gasteiger partial charge in [0.05, 0.1) is 13.2 Å². The number of nitrogens with one attached hydrogen (secondary N) is 2. The van der Waals surface area contributed by atoms with E-state index in [9.17, 15) is 0 Å². The molecule has 6 nitrogen and oxygen atoms in total. The molecule has 0 saturated heterocycles. The van der Waals surface area contributed by atoms with Gasteiger partial charge in [-0.3, -0.25) is 0 Å². The topological polar surface area (TPSA) is 58.1 Å². The number of hydrogen-bond acceptors (Lipinski definition) is 4. The molecule has 0 aliphatic heterocycles. The van der Waals surface area contributed by atoms with Gasteiger partial charge < -0.3 is 25.0 Å². The Morgan fingerprint density at radius 2 is 1.75 bits per heavy atom. The number of unbranched alkanes of at least 4 members (excludes halogenated alkanes) is 1. The molecule has 0 radical (unpaired) electrons. The molecule has 1 rings (SSSR count). The van der Waals surface area contributed by atoms with E-state index in [1.54, 1.807) is 0 Å². The van der Waals surface area contributed by atoms with Crippen LogP contribution in [0.25, 0.3) is 0 Å². The highest BCUT2D eigenvalue weighted by molar-refractivity contribution is 14.0. The third-order valence-corrected chi connectivity index (χ3v) is 3.92. The number of nitrogens with zero attached hydrogens (tertiary/aromatic N) is 2. The van der Waals surface area contributed by atoms with E-state index < -0.39 is 0 Å². The predicted molar refractivity (Wildman–Crippen MR) is 129 cm³/mol. The predicted octanol–water partition coefficient (Wildman–Crippen LogP) is 3.51. The summed E-state index contributed by atoms with van der Waals surface area (Å²) < 4.78 is 11.1. The van der Waals surface area contributed by atoms with Crippen molar-refractivity contribution < 1.29 is 9.47 Å². The van der Waals surface area contributed by atoms with Crippen LogP contribution < -0.4 is 15.4 Å². The number of hydrogen-bond donors (Lipinski definition) is 2.